The Kier molecular flexibility index (Phi) is 5.75. The number of nitrogens with one attached hydrogen (secondary N) is 2. The van der Waals surface area contributed by atoms with E-state index in [-0.39, 0.29) is 30.5 Å². The summed E-state index contributed by atoms with van der Waals surface area (Å²) in [5, 5.41) is 6.70. The van der Waals surface area contributed by atoms with Crippen LogP contribution in [0, 0.1) is 23.2 Å². The van der Waals surface area contributed by atoms with E-state index in [4.69, 9.17) is 4.74 Å². The van der Waals surface area contributed by atoms with Gasteiger partial charge in [0.2, 0.25) is 0 Å². The van der Waals surface area contributed by atoms with Crippen molar-refractivity contribution in [3.8, 4) is 0 Å². The molecule has 2 saturated carbocycles. The van der Waals surface area contributed by atoms with Crippen LogP contribution in [0.15, 0.2) is 4.99 Å². The summed E-state index contributed by atoms with van der Waals surface area (Å²) in [5.74, 6) is -0.513. The molecule has 0 aromatic carbocycles. The van der Waals surface area contributed by atoms with Gasteiger partial charge in [-0.2, -0.15) is 13.2 Å². The Hall–Kier alpha value is -0.980. The zero-order valence-electron chi connectivity index (χ0n) is 16.0. The van der Waals surface area contributed by atoms with E-state index in [0.717, 1.165) is 19.4 Å². The van der Waals surface area contributed by atoms with Crippen LogP contribution in [-0.2, 0) is 4.74 Å². The van der Waals surface area contributed by atoms with Gasteiger partial charge in [0.1, 0.15) is 0 Å². The molecule has 150 valence electrons. The highest BCUT2D eigenvalue weighted by atomic mass is 19.4. The number of nitrogens with zero attached hydrogens (tertiary/aromatic N) is 1. The maximum absolute atomic E-state index is 13.3. The summed E-state index contributed by atoms with van der Waals surface area (Å²) in [5.41, 5.74) is 0.0106. The third-order valence-corrected chi connectivity index (χ3v) is 6.55. The number of hydrogen-bond donors (Lipinski definition) is 2. The molecule has 0 radical (unpaired) electrons. The van der Waals surface area contributed by atoms with E-state index in [1.54, 1.807) is 0 Å². The fraction of sp³-hybridized carbons (Fsp3) is 0.947. The molecule has 0 aromatic heterocycles. The highest BCUT2D eigenvalue weighted by molar-refractivity contribution is 5.80. The smallest absolute Gasteiger partial charge is 0.377 e. The van der Waals surface area contributed by atoms with Gasteiger partial charge < -0.3 is 15.4 Å². The molecule has 5 unspecified atom stereocenters. The summed E-state index contributed by atoms with van der Waals surface area (Å²) in [6, 6.07) is 0.248. The molecule has 3 rings (SSSR count). The fourth-order valence-corrected chi connectivity index (χ4v) is 5.15. The lowest BCUT2D eigenvalue weighted by molar-refractivity contribution is -0.195. The predicted octanol–water partition coefficient (Wildman–Crippen LogP) is 3.72. The molecule has 26 heavy (non-hydrogen) atoms. The Morgan fingerprint density at radius 2 is 1.92 bits per heavy atom. The molecule has 1 heterocycles. The van der Waals surface area contributed by atoms with Crippen LogP contribution in [0.4, 0.5) is 13.2 Å². The van der Waals surface area contributed by atoms with Crippen LogP contribution in [0.3, 0.4) is 0 Å². The van der Waals surface area contributed by atoms with E-state index < -0.39 is 18.0 Å². The van der Waals surface area contributed by atoms with E-state index in [1.807, 2.05) is 6.92 Å². The van der Waals surface area contributed by atoms with Crippen molar-refractivity contribution in [1.29, 1.82) is 0 Å². The first-order chi connectivity index (χ1) is 12.2. The first-order valence-corrected chi connectivity index (χ1v) is 9.98. The average Bonchev–Trinajstić information content (AvgIpc) is 3.04. The third-order valence-electron chi connectivity index (χ3n) is 6.55. The van der Waals surface area contributed by atoms with Gasteiger partial charge in [-0.1, -0.05) is 26.7 Å². The minimum atomic E-state index is -4.11. The molecule has 0 bridgehead atoms. The highest BCUT2D eigenvalue weighted by Crippen LogP contribution is 2.52. The maximum atomic E-state index is 13.3. The monoisotopic (exact) mass is 375 g/mol. The van der Waals surface area contributed by atoms with Gasteiger partial charge in [-0.05, 0) is 32.1 Å². The van der Waals surface area contributed by atoms with Gasteiger partial charge in [0.05, 0.1) is 12.0 Å². The molecule has 2 aliphatic carbocycles. The van der Waals surface area contributed by atoms with Gasteiger partial charge in [-0.15, -0.1) is 0 Å². The zero-order valence-corrected chi connectivity index (χ0v) is 16.0. The largest absolute Gasteiger partial charge is 0.392 e. The van der Waals surface area contributed by atoms with Crippen LogP contribution in [0.1, 0.15) is 52.9 Å². The molecule has 3 fully saturated rings. The van der Waals surface area contributed by atoms with Crippen molar-refractivity contribution in [2.45, 2.75) is 71.2 Å². The number of rotatable bonds is 4. The molecule has 0 amide bonds. The lowest BCUT2D eigenvalue weighted by atomic mass is 9.57. The van der Waals surface area contributed by atoms with Crippen LogP contribution in [0.25, 0.3) is 0 Å². The molecule has 2 N–H and O–H groups in total. The number of halogens is 3. The standard InChI is InChI=1S/C19H32F3N3O/c1-4-23-17(25-15-13-9-10-26-16(13)18(15,2)3)24-11-12-7-5-6-8-14(12)19(20,21)22/h12-16H,4-11H2,1-3H3,(H2,23,24,25). The Labute approximate surface area is 154 Å². The van der Waals surface area contributed by atoms with Gasteiger partial charge >= 0.3 is 6.18 Å². The van der Waals surface area contributed by atoms with Gasteiger partial charge in [0.15, 0.2) is 5.96 Å². The lowest BCUT2D eigenvalue weighted by Crippen LogP contribution is -2.68. The van der Waals surface area contributed by atoms with Crippen molar-refractivity contribution in [1.82, 2.24) is 10.6 Å². The average molecular weight is 375 g/mol. The molecule has 7 heteroatoms. The molecule has 0 spiro atoms. The van der Waals surface area contributed by atoms with Crippen LogP contribution in [-0.4, -0.2) is 44.0 Å². The van der Waals surface area contributed by atoms with Gasteiger partial charge in [0.25, 0.3) is 0 Å². The summed E-state index contributed by atoms with van der Waals surface area (Å²) in [7, 11) is 0. The minimum absolute atomic E-state index is 0.0106. The van der Waals surface area contributed by atoms with E-state index in [1.165, 1.54) is 0 Å². The Bertz CT molecular complexity index is 521. The lowest BCUT2D eigenvalue weighted by Gasteiger charge is -2.55. The molecule has 3 aliphatic rings. The van der Waals surface area contributed by atoms with Crippen molar-refractivity contribution < 1.29 is 17.9 Å². The Balaban J connectivity index is 1.65. The van der Waals surface area contributed by atoms with Crippen LogP contribution in [0.2, 0.25) is 0 Å². The van der Waals surface area contributed by atoms with Crippen molar-refractivity contribution in [2.24, 2.45) is 28.2 Å². The van der Waals surface area contributed by atoms with Crippen molar-refractivity contribution in [3.05, 3.63) is 0 Å². The number of hydrogen-bond acceptors (Lipinski definition) is 2. The minimum Gasteiger partial charge on any atom is -0.377 e. The topological polar surface area (TPSA) is 45.7 Å². The summed E-state index contributed by atoms with van der Waals surface area (Å²) in [6.07, 6.45) is -0.419. The molecule has 5 atom stereocenters. The highest BCUT2D eigenvalue weighted by Gasteiger charge is 2.59. The molecular formula is C19H32F3N3O. The third kappa shape index (κ3) is 3.82. The number of alkyl halides is 3. The van der Waals surface area contributed by atoms with Gasteiger partial charge in [-0.25, -0.2) is 0 Å². The summed E-state index contributed by atoms with van der Waals surface area (Å²) < 4.78 is 45.7. The van der Waals surface area contributed by atoms with Gasteiger partial charge in [-0.3, -0.25) is 4.99 Å². The fourth-order valence-electron chi connectivity index (χ4n) is 5.15. The van der Waals surface area contributed by atoms with Crippen LogP contribution < -0.4 is 10.6 Å². The quantitative estimate of drug-likeness (QED) is 0.581. The van der Waals surface area contributed by atoms with E-state index in [9.17, 15) is 13.2 Å². The molecule has 0 aromatic rings. The summed E-state index contributed by atoms with van der Waals surface area (Å²) >= 11 is 0. The van der Waals surface area contributed by atoms with Crippen molar-refractivity contribution >= 4 is 5.96 Å². The molecule has 4 nitrogen and oxygen atoms in total. The number of aliphatic imine (C=N–C) groups is 1. The molecule has 1 aliphatic heterocycles. The molecule has 1 saturated heterocycles. The SMILES string of the molecule is CCNC(=NCC1CCCCC1C(F)(F)F)NC1C2CCOC2C1(C)C. The first-order valence-electron chi connectivity index (χ1n) is 9.98. The second kappa shape index (κ2) is 7.56. The van der Waals surface area contributed by atoms with Crippen molar-refractivity contribution in [2.75, 3.05) is 19.7 Å². The predicted molar refractivity (Wildman–Crippen MR) is 96.0 cm³/mol. The second-order valence-corrected chi connectivity index (χ2v) is 8.60. The van der Waals surface area contributed by atoms with Crippen LogP contribution >= 0.6 is 0 Å². The zero-order chi connectivity index (χ0) is 18.9. The Morgan fingerprint density at radius 1 is 1.19 bits per heavy atom. The normalized spacial score (nSPS) is 37.0. The number of guanidine groups is 1. The van der Waals surface area contributed by atoms with E-state index in [2.05, 4.69) is 29.5 Å². The number of ether oxygens (including phenoxy) is 1. The van der Waals surface area contributed by atoms with Crippen molar-refractivity contribution in [3.63, 3.8) is 0 Å². The number of fused-ring (bicyclic) bond motifs is 1. The molecular weight excluding hydrogens is 343 g/mol. The summed E-state index contributed by atoms with van der Waals surface area (Å²) in [4.78, 5) is 4.56. The van der Waals surface area contributed by atoms with Crippen LogP contribution in [0.5, 0.6) is 0 Å². The maximum Gasteiger partial charge on any atom is 0.392 e. The summed E-state index contributed by atoms with van der Waals surface area (Å²) in [6.45, 7) is 8.06. The van der Waals surface area contributed by atoms with E-state index >= 15 is 0 Å². The second-order valence-electron chi connectivity index (χ2n) is 8.60. The van der Waals surface area contributed by atoms with Gasteiger partial charge in [0, 0.05) is 37.1 Å². The Morgan fingerprint density at radius 3 is 2.62 bits per heavy atom. The van der Waals surface area contributed by atoms with E-state index in [0.29, 0.717) is 31.3 Å². The first kappa shape index (κ1) is 19.8.